The Balaban J connectivity index is 1.51. The Labute approximate surface area is 152 Å². The van der Waals surface area contributed by atoms with E-state index in [1.54, 1.807) is 12.1 Å². The molecule has 0 aliphatic carbocycles. The number of fused-ring (bicyclic) bond motifs is 1. The van der Waals surface area contributed by atoms with Crippen LogP contribution in [0.25, 0.3) is 11.6 Å². The maximum absolute atomic E-state index is 12.7. The molecule has 5 nitrogen and oxygen atoms in total. The number of hydrogen-bond donors (Lipinski definition) is 1. The molecule has 8 heteroatoms. The Kier molecular flexibility index (Phi) is 4.35. The molecule has 0 spiro atoms. The summed E-state index contributed by atoms with van der Waals surface area (Å²) in [4.78, 5) is 21.7. The number of nitrogens with zero attached hydrogens (tertiary/aromatic N) is 2. The third kappa shape index (κ3) is 3.66. The number of furan rings is 1. The lowest BCUT2D eigenvalue weighted by atomic mass is 10.1. The fourth-order valence-corrected chi connectivity index (χ4v) is 3.20. The molecule has 0 saturated heterocycles. The van der Waals surface area contributed by atoms with Gasteiger partial charge in [0.15, 0.2) is 11.6 Å². The van der Waals surface area contributed by atoms with E-state index in [9.17, 15) is 18.0 Å². The van der Waals surface area contributed by atoms with Gasteiger partial charge in [0.05, 0.1) is 23.1 Å². The molecule has 0 amide bonds. The zero-order chi connectivity index (χ0) is 19.0. The molecule has 0 fully saturated rings. The van der Waals surface area contributed by atoms with E-state index < -0.39 is 11.7 Å². The van der Waals surface area contributed by atoms with Crippen LogP contribution in [0.15, 0.2) is 51.9 Å². The summed E-state index contributed by atoms with van der Waals surface area (Å²) in [6.45, 7) is 1.54. The molecule has 140 valence electrons. The molecule has 1 aromatic carbocycles. The van der Waals surface area contributed by atoms with Crippen molar-refractivity contribution in [2.24, 2.45) is 0 Å². The van der Waals surface area contributed by atoms with Gasteiger partial charge in [0, 0.05) is 26.1 Å². The van der Waals surface area contributed by atoms with Gasteiger partial charge >= 0.3 is 6.18 Å². The number of hydrogen-bond acceptors (Lipinski definition) is 4. The minimum atomic E-state index is -4.34. The van der Waals surface area contributed by atoms with Gasteiger partial charge < -0.3 is 9.40 Å². The average molecular weight is 375 g/mol. The summed E-state index contributed by atoms with van der Waals surface area (Å²) in [5.41, 5.74) is 1.20. The summed E-state index contributed by atoms with van der Waals surface area (Å²) >= 11 is 0. The molecule has 3 heterocycles. The number of halogens is 3. The summed E-state index contributed by atoms with van der Waals surface area (Å²) in [6.07, 6.45) is -2.23. The number of aromatic nitrogens is 2. The number of alkyl halides is 3. The van der Waals surface area contributed by atoms with E-state index in [0.29, 0.717) is 43.2 Å². The van der Waals surface area contributed by atoms with E-state index in [2.05, 4.69) is 9.97 Å². The second kappa shape index (κ2) is 6.70. The monoisotopic (exact) mass is 375 g/mol. The molecule has 2 aromatic heterocycles. The van der Waals surface area contributed by atoms with Crippen molar-refractivity contribution < 1.29 is 17.6 Å². The highest BCUT2D eigenvalue weighted by Crippen LogP contribution is 2.29. The standard InChI is InChI=1S/C19H16F3N3O2/c20-19(21,22)13-5-3-12(4-6-13)10-25-8-7-15-14(11-25)18(26)24-17(23-15)16-2-1-9-27-16/h1-6,9H,7-8,10-11H2,(H,23,24,26). The van der Waals surface area contributed by atoms with Crippen molar-refractivity contribution in [2.45, 2.75) is 25.7 Å². The highest BCUT2D eigenvalue weighted by molar-refractivity contribution is 5.47. The van der Waals surface area contributed by atoms with Crippen LogP contribution < -0.4 is 5.56 Å². The van der Waals surface area contributed by atoms with E-state index in [4.69, 9.17) is 4.42 Å². The number of H-pyrrole nitrogens is 1. The van der Waals surface area contributed by atoms with Gasteiger partial charge in [-0.2, -0.15) is 13.2 Å². The molecule has 0 unspecified atom stereocenters. The fraction of sp³-hybridized carbons (Fsp3) is 0.263. The molecule has 3 aromatic rings. The Bertz CT molecular complexity index is 993. The van der Waals surface area contributed by atoms with Crippen LogP contribution in [0.5, 0.6) is 0 Å². The van der Waals surface area contributed by atoms with E-state index in [-0.39, 0.29) is 5.56 Å². The van der Waals surface area contributed by atoms with Crippen LogP contribution in [0, 0.1) is 0 Å². The number of aromatic amines is 1. The van der Waals surface area contributed by atoms with Gasteiger partial charge in [-0.1, -0.05) is 12.1 Å². The SMILES string of the molecule is O=c1[nH]c(-c2ccco2)nc2c1CN(Cc1ccc(C(F)(F)F)cc1)CC2. The predicted octanol–water partition coefficient (Wildman–Crippen LogP) is 3.61. The molecular formula is C19H16F3N3O2. The van der Waals surface area contributed by atoms with Crippen LogP contribution in [-0.4, -0.2) is 21.4 Å². The van der Waals surface area contributed by atoms with Gasteiger partial charge in [-0.3, -0.25) is 9.69 Å². The van der Waals surface area contributed by atoms with E-state index in [1.165, 1.54) is 18.4 Å². The van der Waals surface area contributed by atoms with Crippen LogP contribution >= 0.6 is 0 Å². The van der Waals surface area contributed by atoms with Crippen LogP contribution in [0.1, 0.15) is 22.4 Å². The molecule has 27 heavy (non-hydrogen) atoms. The van der Waals surface area contributed by atoms with Crippen molar-refractivity contribution in [1.82, 2.24) is 14.9 Å². The zero-order valence-electron chi connectivity index (χ0n) is 14.2. The third-order valence-electron chi connectivity index (χ3n) is 4.59. The molecule has 1 aliphatic rings. The van der Waals surface area contributed by atoms with E-state index >= 15 is 0 Å². The van der Waals surface area contributed by atoms with Crippen molar-refractivity contribution in [3.05, 3.63) is 75.4 Å². The second-order valence-corrected chi connectivity index (χ2v) is 6.47. The Morgan fingerprint density at radius 3 is 2.63 bits per heavy atom. The minimum Gasteiger partial charge on any atom is -0.461 e. The first-order valence-corrected chi connectivity index (χ1v) is 8.44. The average Bonchev–Trinajstić information content (AvgIpc) is 3.16. The summed E-state index contributed by atoms with van der Waals surface area (Å²) < 4.78 is 43.3. The van der Waals surface area contributed by atoms with Gasteiger partial charge in [0.25, 0.3) is 5.56 Å². The van der Waals surface area contributed by atoms with E-state index in [0.717, 1.165) is 23.4 Å². The molecule has 0 bridgehead atoms. The first kappa shape index (κ1) is 17.5. The number of nitrogens with one attached hydrogen (secondary N) is 1. The summed E-state index contributed by atoms with van der Waals surface area (Å²) in [6, 6.07) is 8.56. The van der Waals surface area contributed by atoms with Crippen molar-refractivity contribution >= 4 is 0 Å². The van der Waals surface area contributed by atoms with Crippen LogP contribution in [0.2, 0.25) is 0 Å². The number of benzene rings is 1. The van der Waals surface area contributed by atoms with Crippen molar-refractivity contribution in [3.8, 4) is 11.6 Å². The lowest BCUT2D eigenvalue weighted by Crippen LogP contribution is -2.35. The molecule has 0 radical (unpaired) electrons. The topological polar surface area (TPSA) is 62.1 Å². The van der Waals surface area contributed by atoms with Crippen molar-refractivity contribution in [3.63, 3.8) is 0 Å². The lowest BCUT2D eigenvalue weighted by Gasteiger charge is -2.27. The lowest BCUT2D eigenvalue weighted by molar-refractivity contribution is -0.137. The van der Waals surface area contributed by atoms with Crippen LogP contribution in [-0.2, 0) is 25.7 Å². The maximum atomic E-state index is 12.7. The molecule has 1 aliphatic heterocycles. The van der Waals surface area contributed by atoms with Gasteiger partial charge in [-0.05, 0) is 29.8 Å². The highest BCUT2D eigenvalue weighted by atomic mass is 19.4. The highest BCUT2D eigenvalue weighted by Gasteiger charge is 2.30. The molecule has 0 saturated carbocycles. The quantitative estimate of drug-likeness (QED) is 0.760. The van der Waals surface area contributed by atoms with Crippen LogP contribution in [0.3, 0.4) is 0 Å². The first-order valence-electron chi connectivity index (χ1n) is 8.44. The first-order chi connectivity index (χ1) is 12.9. The summed E-state index contributed by atoms with van der Waals surface area (Å²) in [7, 11) is 0. The van der Waals surface area contributed by atoms with Gasteiger partial charge in [0.2, 0.25) is 0 Å². The Morgan fingerprint density at radius 1 is 1.19 bits per heavy atom. The largest absolute Gasteiger partial charge is 0.461 e. The zero-order valence-corrected chi connectivity index (χ0v) is 14.2. The second-order valence-electron chi connectivity index (χ2n) is 6.47. The van der Waals surface area contributed by atoms with Crippen molar-refractivity contribution in [2.75, 3.05) is 6.54 Å². The summed E-state index contributed by atoms with van der Waals surface area (Å²) in [5, 5.41) is 0. The van der Waals surface area contributed by atoms with Crippen molar-refractivity contribution in [1.29, 1.82) is 0 Å². The summed E-state index contributed by atoms with van der Waals surface area (Å²) in [5.74, 6) is 0.905. The van der Waals surface area contributed by atoms with Gasteiger partial charge in [-0.15, -0.1) is 0 Å². The minimum absolute atomic E-state index is 0.219. The van der Waals surface area contributed by atoms with Gasteiger partial charge in [0.1, 0.15) is 0 Å². The third-order valence-corrected chi connectivity index (χ3v) is 4.59. The van der Waals surface area contributed by atoms with E-state index in [1.807, 2.05) is 4.90 Å². The number of rotatable bonds is 3. The molecule has 0 atom stereocenters. The fourth-order valence-electron chi connectivity index (χ4n) is 3.20. The molecule has 1 N–H and O–H groups in total. The Hall–Kier alpha value is -2.87. The van der Waals surface area contributed by atoms with Crippen LogP contribution in [0.4, 0.5) is 13.2 Å². The predicted molar refractivity (Wildman–Crippen MR) is 91.8 cm³/mol. The van der Waals surface area contributed by atoms with Gasteiger partial charge in [-0.25, -0.2) is 4.98 Å². The normalized spacial score (nSPS) is 14.9. The Morgan fingerprint density at radius 2 is 1.96 bits per heavy atom. The smallest absolute Gasteiger partial charge is 0.416 e. The molecular weight excluding hydrogens is 359 g/mol. The maximum Gasteiger partial charge on any atom is 0.416 e. The molecule has 4 rings (SSSR count).